The summed E-state index contributed by atoms with van der Waals surface area (Å²) in [6.45, 7) is 0.488. The third-order valence-electron chi connectivity index (χ3n) is 5.73. The van der Waals surface area contributed by atoms with Gasteiger partial charge in [0.1, 0.15) is 0 Å². The number of nitrogens with one attached hydrogen (secondary N) is 1. The Morgan fingerprint density at radius 2 is 1.80 bits per heavy atom. The zero-order chi connectivity index (χ0) is 21.1. The largest absolute Gasteiger partial charge is 0.478 e. The topological polar surface area (TPSA) is 69.6 Å². The lowest BCUT2D eigenvalue weighted by atomic mass is 9.86. The summed E-state index contributed by atoms with van der Waals surface area (Å²) in [5.41, 5.74) is 5.69. The molecular formula is C25H24ClNO3. The van der Waals surface area contributed by atoms with Gasteiger partial charge >= 0.3 is 5.97 Å². The molecule has 0 aliphatic heterocycles. The predicted octanol–water partition coefficient (Wildman–Crippen LogP) is 4.89. The van der Waals surface area contributed by atoms with Gasteiger partial charge in [0.2, 0.25) is 0 Å². The van der Waals surface area contributed by atoms with Crippen LogP contribution in [0.25, 0.3) is 11.1 Å². The van der Waals surface area contributed by atoms with Crippen molar-refractivity contribution in [3.05, 3.63) is 94.0 Å². The molecule has 0 aromatic heterocycles. The average molecular weight is 422 g/mol. The molecule has 0 fully saturated rings. The van der Waals surface area contributed by atoms with Crippen LogP contribution < -0.4 is 5.32 Å². The number of aromatic carboxylic acids is 1. The monoisotopic (exact) mass is 421 g/mol. The van der Waals surface area contributed by atoms with Crippen LogP contribution in [0.4, 0.5) is 0 Å². The molecule has 154 valence electrons. The second kappa shape index (κ2) is 9.00. The molecule has 0 radical (unpaired) electrons. The maximum atomic E-state index is 11.3. The van der Waals surface area contributed by atoms with Crippen molar-refractivity contribution in [1.82, 2.24) is 5.32 Å². The molecule has 0 saturated carbocycles. The van der Waals surface area contributed by atoms with Gasteiger partial charge in [0.15, 0.2) is 0 Å². The summed E-state index contributed by atoms with van der Waals surface area (Å²) in [4.78, 5) is 11.3. The van der Waals surface area contributed by atoms with Gasteiger partial charge in [-0.3, -0.25) is 0 Å². The Bertz CT molecular complexity index is 1050. The van der Waals surface area contributed by atoms with Crippen molar-refractivity contribution in [2.45, 2.75) is 31.4 Å². The number of benzene rings is 3. The van der Waals surface area contributed by atoms with Gasteiger partial charge in [-0.25, -0.2) is 4.79 Å². The number of fused-ring (bicyclic) bond motifs is 1. The van der Waals surface area contributed by atoms with E-state index in [1.54, 1.807) is 30.3 Å². The maximum Gasteiger partial charge on any atom is 0.335 e. The van der Waals surface area contributed by atoms with Crippen molar-refractivity contribution in [3.63, 3.8) is 0 Å². The van der Waals surface area contributed by atoms with E-state index in [0.717, 1.165) is 36.0 Å². The number of hydrogen-bond donors (Lipinski definition) is 3. The summed E-state index contributed by atoms with van der Waals surface area (Å²) in [5.74, 6) is -0.918. The number of aliphatic hydroxyl groups excluding tert-OH is 1. The van der Waals surface area contributed by atoms with Crippen molar-refractivity contribution in [3.8, 4) is 11.1 Å². The minimum absolute atomic E-state index is 0.292. The highest BCUT2D eigenvalue weighted by molar-refractivity contribution is 6.30. The van der Waals surface area contributed by atoms with Crippen LogP contribution in [0.3, 0.4) is 0 Å². The van der Waals surface area contributed by atoms with Gasteiger partial charge in [-0.15, -0.1) is 0 Å². The highest BCUT2D eigenvalue weighted by Crippen LogP contribution is 2.28. The number of rotatable bonds is 6. The molecule has 1 aliphatic carbocycles. The van der Waals surface area contributed by atoms with Crippen LogP contribution in [0.1, 0.15) is 39.6 Å². The van der Waals surface area contributed by atoms with E-state index in [4.69, 9.17) is 11.6 Å². The van der Waals surface area contributed by atoms with Gasteiger partial charge in [0.05, 0.1) is 11.7 Å². The van der Waals surface area contributed by atoms with E-state index in [9.17, 15) is 15.0 Å². The van der Waals surface area contributed by atoms with Crippen molar-refractivity contribution < 1.29 is 15.0 Å². The Labute approximate surface area is 181 Å². The molecule has 1 aliphatic rings. The molecule has 0 saturated heterocycles. The quantitative estimate of drug-likeness (QED) is 0.530. The lowest BCUT2D eigenvalue weighted by Gasteiger charge is -2.27. The SMILES string of the molecule is O=C(O)c1cccc(-c2ccc3c(c2)C[C@@H](NC[C@H](O)c2ccc(Cl)cc2)CC3)c1. The first-order valence-corrected chi connectivity index (χ1v) is 10.5. The van der Waals surface area contributed by atoms with Crippen molar-refractivity contribution in [1.29, 1.82) is 0 Å². The lowest BCUT2D eigenvalue weighted by Crippen LogP contribution is -2.37. The number of aliphatic hydroxyl groups is 1. The Balaban J connectivity index is 1.44. The molecule has 2 atom stereocenters. The zero-order valence-corrected chi connectivity index (χ0v) is 17.3. The number of carboxylic acids is 1. The van der Waals surface area contributed by atoms with Crippen LogP contribution in [-0.4, -0.2) is 28.8 Å². The standard InChI is InChI=1S/C25H24ClNO3/c26-22-9-6-17(7-10-22)24(28)15-27-23-11-8-16-4-5-19(13-21(16)14-23)18-2-1-3-20(12-18)25(29)30/h1-7,9-10,12-13,23-24,27-28H,8,11,14-15H2,(H,29,30)/t23-,24-/m0/s1. The molecule has 30 heavy (non-hydrogen) atoms. The summed E-state index contributed by atoms with van der Waals surface area (Å²) in [7, 11) is 0. The van der Waals surface area contributed by atoms with E-state index in [0.29, 0.717) is 23.2 Å². The minimum atomic E-state index is -0.918. The molecule has 0 amide bonds. The molecule has 3 N–H and O–H groups in total. The fourth-order valence-corrected chi connectivity index (χ4v) is 4.15. The third kappa shape index (κ3) is 4.73. The second-order valence-electron chi connectivity index (χ2n) is 7.78. The molecular weight excluding hydrogens is 398 g/mol. The Hall–Kier alpha value is -2.66. The number of carboxylic acid groups (broad SMARTS) is 1. The number of hydrogen-bond acceptors (Lipinski definition) is 3. The molecule has 0 spiro atoms. The van der Waals surface area contributed by atoms with Crippen LogP contribution in [0.5, 0.6) is 0 Å². The molecule has 0 bridgehead atoms. The summed E-state index contributed by atoms with van der Waals surface area (Å²) >= 11 is 5.92. The fraction of sp³-hybridized carbons (Fsp3) is 0.240. The van der Waals surface area contributed by atoms with E-state index < -0.39 is 12.1 Å². The molecule has 0 unspecified atom stereocenters. The molecule has 0 heterocycles. The molecule has 4 nitrogen and oxygen atoms in total. The van der Waals surface area contributed by atoms with E-state index in [1.807, 2.05) is 18.2 Å². The Kier molecular flexibility index (Phi) is 6.18. The molecule has 3 aromatic rings. The van der Waals surface area contributed by atoms with Gasteiger partial charge in [0, 0.05) is 17.6 Å². The average Bonchev–Trinajstić information content (AvgIpc) is 2.77. The zero-order valence-electron chi connectivity index (χ0n) is 16.5. The van der Waals surface area contributed by atoms with E-state index in [2.05, 4.69) is 23.5 Å². The normalized spacial score (nSPS) is 16.7. The molecule has 4 rings (SSSR count). The number of aryl methyl sites for hydroxylation is 1. The highest BCUT2D eigenvalue weighted by atomic mass is 35.5. The predicted molar refractivity (Wildman–Crippen MR) is 119 cm³/mol. The van der Waals surface area contributed by atoms with Gasteiger partial charge in [-0.05, 0) is 71.3 Å². The molecule has 3 aromatic carbocycles. The van der Waals surface area contributed by atoms with Crippen molar-refractivity contribution in [2.24, 2.45) is 0 Å². The lowest BCUT2D eigenvalue weighted by molar-refractivity contribution is 0.0697. The summed E-state index contributed by atoms with van der Waals surface area (Å²) < 4.78 is 0. The molecule has 5 heteroatoms. The summed E-state index contributed by atoms with van der Waals surface area (Å²) in [6, 6.07) is 21.0. The second-order valence-corrected chi connectivity index (χ2v) is 8.22. The van der Waals surface area contributed by atoms with E-state index in [-0.39, 0.29) is 0 Å². The van der Waals surface area contributed by atoms with Gasteiger partial charge in [0.25, 0.3) is 0 Å². The van der Waals surface area contributed by atoms with Crippen LogP contribution >= 0.6 is 11.6 Å². The van der Waals surface area contributed by atoms with Gasteiger partial charge < -0.3 is 15.5 Å². The first kappa shape index (κ1) is 20.6. The van der Waals surface area contributed by atoms with Crippen LogP contribution in [0.15, 0.2) is 66.7 Å². The number of halogens is 1. The van der Waals surface area contributed by atoms with Crippen LogP contribution in [0, 0.1) is 0 Å². The first-order chi connectivity index (χ1) is 14.5. The fourth-order valence-electron chi connectivity index (χ4n) is 4.02. The van der Waals surface area contributed by atoms with Gasteiger partial charge in [-0.1, -0.05) is 54.1 Å². The smallest absolute Gasteiger partial charge is 0.335 e. The van der Waals surface area contributed by atoms with Crippen LogP contribution in [-0.2, 0) is 12.8 Å². The summed E-state index contributed by atoms with van der Waals surface area (Å²) in [5, 5.41) is 23.9. The van der Waals surface area contributed by atoms with E-state index in [1.165, 1.54) is 11.1 Å². The van der Waals surface area contributed by atoms with Crippen LogP contribution in [0.2, 0.25) is 5.02 Å². The Morgan fingerprint density at radius 1 is 1.03 bits per heavy atom. The third-order valence-corrected chi connectivity index (χ3v) is 5.98. The minimum Gasteiger partial charge on any atom is -0.478 e. The van der Waals surface area contributed by atoms with Crippen molar-refractivity contribution >= 4 is 17.6 Å². The Morgan fingerprint density at radius 3 is 2.57 bits per heavy atom. The van der Waals surface area contributed by atoms with Gasteiger partial charge in [-0.2, -0.15) is 0 Å². The number of carbonyl (C=O) groups is 1. The highest BCUT2D eigenvalue weighted by Gasteiger charge is 2.20. The summed E-state index contributed by atoms with van der Waals surface area (Å²) in [6.07, 6.45) is 2.32. The van der Waals surface area contributed by atoms with E-state index >= 15 is 0 Å². The van der Waals surface area contributed by atoms with Crippen molar-refractivity contribution in [2.75, 3.05) is 6.54 Å². The maximum absolute atomic E-state index is 11.3. The first-order valence-electron chi connectivity index (χ1n) is 10.1.